The Hall–Kier alpha value is -4.52. The number of halogens is 3. The van der Waals surface area contributed by atoms with E-state index in [1.54, 1.807) is 6.07 Å². The molecule has 1 saturated carbocycles. The summed E-state index contributed by atoms with van der Waals surface area (Å²) in [5.74, 6) is -1.59. The lowest BCUT2D eigenvalue weighted by molar-refractivity contribution is -0.149. The number of phenols is 1. The molecule has 0 radical (unpaired) electrons. The summed E-state index contributed by atoms with van der Waals surface area (Å²) in [5.41, 5.74) is -0.0373. The van der Waals surface area contributed by atoms with Gasteiger partial charge in [0.05, 0.1) is 10.9 Å². The number of fused-ring (bicyclic) bond motifs is 4. The summed E-state index contributed by atoms with van der Waals surface area (Å²) >= 11 is 0. The number of benzene rings is 2. The van der Waals surface area contributed by atoms with Gasteiger partial charge in [-0.25, -0.2) is 13.2 Å². The Morgan fingerprint density at radius 2 is 1.98 bits per heavy atom. The third-order valence-corrected chi connectivity index (χ3v) is 11.6. The van der Waals surface area contributed by atoms with Crippen LogP contribution in [0, 0.1) is 29.4 Å². The van der Waals surface area contributed by atoms with Crippen LogP contribution in [0.3, 0.4) is 0 Å². The number of anilines is 1. The summed E-state index contributed by atoms with van der Waals surface area (Å²) in [6.07, 6.45) is 3.55. The van der Waals surface area contributed by atoms with Crippen molar-refractivity contribution >= 4 is 39.3 Å². The largest absolute Gasteiger partial charge is 0.508 e. The number of aryl methyl sites for hydroxylation is 1. The van der Waals surface area contributed by atoms with Crippen molar-refractivity contribution in [3.05, 3.63) is 47.7 Å². The van der Waals surface area contributed by atoms with Crippen LogP contribution in [0.4, 0.5) is 19.0 Å². The summed E-state index contributed by atoms with van der Waals surface area (Å²) in [6, 6.07) is 5.70. The van der Waals surface area contributed by atoms with Crippen molar-refractivity contribution in [3.63, 3.8) is 0 Å². The van der Waals surface area contributed by atoms with E-state index in [1.807, 2.05) is 11.8 Å². The number of carbonyl (C=O) groups is 2. The van der Waals surface area contributed by atoms with E-state index in [2.05, 4.69) is 14.9 Å². The van der Waals surface area contributed by atoms with E-state index in [1.165, 1.54) is 38.4 Å². The van der Waals surface area contributed by atoms with E-state index in [-0.39, 0.29) is 64.7 Å². The molecule has 3 unspecified atom stereocenters. The van der Waals surface area contributed by atoms with Crippen molar-refractivity contribution < 1.29 is 32.6 Å². The Balaban J connectivity index is 1.22. The molecule has 5 atom stereocenters. The first-order valence-electron chi connectivity index (χ1n) is 17.3. The molecule has 4 fully saturated rings. The normalized spacial score (nSPS) is 25.9. The second kappa shape index (κ2) is 12.1. The van der Waals surface area contributed by atoms with Gasteiger partial charge >= 0.3 is 6.01 Å². The van der Waals surface area contributed by atoms with E-state index < -0.39 is 23.3 Å². The van der Waals surface area contributed by atoms with E-state index in [0.717, 1.165) is 24.3 Å². The quantitative estimate of drug-likeness (QED) is 0.272. The number of pyridine rings is 1. The highest BCUT2D eigenvalue weighted by Gasteiger charge is 2.52. The third kappa shape index (κ3) is 5.15. The SMILES string of the molecule is CCc1c(F)ccc2cc(O)cc(-c3ncc4c(N5CC6CC(C(=O)N(C)C(C)=O)C6C5)nc(OC[C@@]56CCCN5C[C@H](F)C6)nc4c3F)c12. The first-order valence-corrected chi connectivity index (χ1v) is 17.3. The number of carbonyl (C=O) groups excluding carboxylic acids is 2. The monoisotopic (exact) mass is 688 g/mol. The summed E-state index contributed by atoms with van der Waals surface area (Å²) in [6.45, 7) is 5.47. The minimum absolute atomic E-state index is 0.0114. The average molecular weight is 689 g/mol. The molecule has 262 valence electrons. The van der Waals surface area contributed by atoms with Crippen molar-refractivity contribution in [1.82, 2.24) is 24.8 Å². The number of hydrogen-bond acceptors (Lipinski definition) is 9. The Morgan fingerprint density at radius 3 is 2.76 bits per heavy atom. The van der Waals surface area contributed by atoms with Crippen molar-refractivity contribution in [2.45, 2.75) is 57.7 Å². The number of aromatic hydroxyl groups is 1. The molecular formula is C37H39F3N6O4. The van der Waals surface area contributed by atoms with E-state index in [9.17, 15) is 19.1 Å². The summed E-state index contributed by atoms with van der Waals surface area (Å²) < 4.78 is 52.8. The molecule has 5 heterocycles. The highest BCUT2D eigenvalue weighted by molar-refractivity contribution is 6.02. The second-order valence-electron chi connectivity index (χ2n) is 14.4. The van der Waals surface area contributed by atoms with Gasteiger partial charge in [-0.1, -0.05) is 13.0 Å². The fourth-order valence-corrected chi connectivity index (χ4v) is 8.96. The Morgan fingerprint density at radius 1 is 1.16 bits per heavy atom. The number of aromatic nitrogens is 3. The highest BCUT2D eigenvalue weighted by atomic mass is 19.1. The molecule has 2 aromatic heterocycles. The molecule has 1 N–H and O–H groups in total. The minimum atomic E-state index is -0.953. The number of alkyl halides is 1. The molecule has 10 nitrogen and oxygen atoms in total. The zero-order valence-electron chi connectivity index (χ0n) is 28.3. The standard InChI is InChI=1S/C37H39F3N6O4/c1-4-24-29(39)7-6-20-10-23(48)12-26(30(20)24)32-31(40)33-27(14-41-32)34(45-15-21-11-25(28(21)17-45)35(49)44(3)19(2)47)43-36(42-33)50-18-37-8-5-9-46(37)16-22(38)13-37/h6-7,10,12,14,21-22,25,28,48H,4-5,8-9,11,13,15-18H2,1-3H3/t21?,22-,25?,28?,37+/m1/s1. The number of phenolic OH excluding ortho intramolecular Hbond substituents is 1. The molecule has 4 aliphatic rings. The van der Waals surface area contributed by atoms with Gasteiger partial charge in [0.15, 0.2) is 5.82 Å². The molecule has 1 aliphatic carbocycles. The zero-order chi connectivity index (χ0) is 35.1. The molecule has 13 heteroatoms. The zero-order valence-corrected chi connectivity index (χ0v) is 28.3. The first kappa shape index (κ1) is 32.7. The van der Waals surface area contributed by atoms with E-state index >= 15 is 8.78 Å². The van der Waals surface area contributed by atoms with Gasteiger partial charge in [0.2, 0.25) is 11.8 Å². The fraction of sp³-hybridized carbons (Fsp3) is 0.486. The molecule has 2 aromatic carbocycles. The van der Waals surface area contributed by atoms with Gasteiger partial charge in [0.1, 0.15) is 41.4 Å². The van der Waals surface area contributed by atoms with Crippen molar-refractivity contribution in [2.75, 3.05) is 44.7 Å². The van der Waals surface area contributed by atoms with Crippen molar-refractivity contribution in [2.24, 2.45) is 17.8 Å². The lowest BCUT2D eigenvalue weighted by atomic mass is 9.66. The number of rotatable bonds is 7. The van der Waals surface area contributed by atoms with Crippen LogP contribution in [-0.2, 0) is 16.0 Å². The number of hydrogen-bond donors (Lipinski definition) is 1. The predicted molar refractivity (Wildman–Crippen MR) is 181 cm³/mol. The van der Waals surface area contributed by atoms with Crippen LogP contribution in [-0.4, -0.2) is 93.2 Å². The van der Waals surface area contributed by atoms with E-state index in [0.29, 0.717) is 66.4 Å². The number of amides is 2. The third-order valence-electron chi connectivity index (χ3n) is 11.6. The van der Waals surface area contributed by atoms with Crippen LogP contribution in [0.5, 0.6) is 11.8 Å². The molecule has 3 aliphatic heterocycles. The predicted octanol–water partition coefficient (Wildman–Crippen LogP) is 5.42. The molecule has 0 bridgehead atoms. The first-order chi connectivity index (χ1) is 24.0. The van der Waals surface area contributed by atoms with Gasteiger partial charge in [0.25, 0.3) is 0 Å². The van der Waals surface area contributed by atoms with Gasteiger partial charge in [0, 0.05) is 57.7 Å². The second-order valence-corrected chi connectivity index (χ2v) is 14.4. The Labute approximate surface area is 287 Å². The van der Waals surface area contributed by atoms with Gasteiger partial charge in [-0.15, -0.1) is 0 Å². The fourth-order valence-electron chi connectivity index (χ4n) is 8.96. The summed E-state index contributed by atoms with van der Waals surface area (Å²) in [5, 5.41) is 11.9. The summed E-state index contributed by atoms with van der Waals surface area (Å²) in [4.78, 5) is 44.1. The van der Waals surface area contributed by atoms with Gasteiger partial charge in [-0.3, -0.25) is 24.4 Å². The molecule has 4 aromatic rings. The lowest BCUT2D eigenvalue weighted by Gasteiger charge is -2.39. The van der Waals surface area contributed by atoms with Crippen LogP contribution in [0.1, 0.15) is 45.1 Å². The molecule has 50 heavy (non-hydrogen) atoms. The van der Waals surface area contributed by atoms with Crippen LogP contribution >= 0.6 is 0 Å². The minimum Gasteiger partial charge on any atom is -0.508 e. The summed E-state index contributed by atoms with van der Waals surface area (Å²) in [7, 11) is 1.49. The number of ether oxygens (including phenoxy) is 1. The van der Waals surface area contributed by atoms with Crippen LogP contribution in [0.25, 0.3) is 32.9 Å². The van der Waals surface area contributed by atoms with E-state index in [4.69, 9.17) is 9.72 Å². The maximum Gasteiger partial charge on any atom is 0.319 e. The molecular weight excluding hydrogens is 649 g/mol. The topological polar surface area (TPSA) is 112 Å². The van der Waals surface area contributed by atoms with Crippen LogP contribution in [0.2, 0.25) is 0 Å². The molecule has 2 amide bonds. The lowest BCUT2D eigenvalue weighted by Crippen LogP contribution is -2.47. The van der Waals surface area contributed by atoms with Gasteiger partial charge in [-0.05, 0) is 78.6 Å². The maximum atomic E-state index is 17.0. The van der Waals surface area contributed by atoms with Crippen LogP contribution in [0.15, 0.2) is 30.5 Å². The molecule has 0 spiro atoms. The molecule has 8 rings (SSSR count). The maximum absolute atomic E-state index is 17.0. The molecule has 3 saturated heterocycles. The van der Waals surface area contributed by atoms with Gasteiger partial charge in [-0.2, -0.15) is 9.97 Å². The van der Waals surface area contributed by atoms with Crippen molar-refractivity contribution in [1.29, 1.82) is 0 Å². The number of imide groups is 1. The van der Waals surface area contributed by atoms with Crippen molar-refractivity contribution in [3.8, 4) is 23.0 Å². The highest BCUT2D eigenvalue weighted by Crippen LogP contribution is 2.49. The van der Waals surface area contributed by atoms with Gasteiger partial charge < -0.3 is 14.7 Å². The Kier molecular flexibility index (Phi) is 7.88. The number of nitrogens with zero attached hydrogens (tertiary/aromatic N) is 6. The average Bonchev–Trinajstić information content (AvgIpc) is 3.72. The Bertz CT molecular complexity index is 2060. The smallest absolute Gasteiger partial charge is 0.319 e. The van der Waals surface area contributed by atoms with Crippen LogP contribution < -0.4 is 9.64 Å².